The fraction of sp³-hybridized carbons (Fsp3) is 0.600. The van der Waals surface area contributed by atoms with Gasteiger partial charge in [0.25, 0.3) is 0 Å². The van der Waals surface area contributed by atoms with Crippen molar-refractivity contribution >= 4 is 15.9 Å². The average molecular weight is 299 g/mol. The number of aliphatic hydroxyl groups excluding tert-OH is 1. The molecular formula is C15H23BrO. The maximum atomic E-state index is 10.3. The Balaban J connectivity index is 2.59. The second-order valence-corrected chi connectivity index (χ2v) is 5.65. The minimum absolute atomic E-state index is 0.204. The molecule has 0 aliphatic heterocycles. The van der Waals surface area contributed by atoms with E-state index < -0.39 is 0 Å². The minimum atomic E-state index is -0.204. The summed E-state index contributed by atoms with van der Waals surface area (Å²) in [6.45, 7) is 4.38. The molecule has 0 fully saturated rings. The van der Waals surface area contributed by atoms with Gasteiger partial charge in [-0.15, -0.1) is 0 Å². The second kappa shape index (κ2) is 7.88. The second-order valence-electron chi connectivity index (χ2n) is 4.74. The zero-order chi connectivity index (χ0) is 12.7. The molecule has 1 N–H and O–H groups in total. The Hall–Kier alpha value is -0.340. The fourth-order valence-electron chi connectivity index (χ4n) is 2.34. The van der Waals surface area contributed by atoms with E-state index in [9.17, 15) is 5.11 Å². The zero-order valence-corrected chi connectivity index (χ0v) is 12.4. The number of halogens is 1. The average Bonchev–Trinajstić information content (AvgIpc) is 2.28. The summed E-state index contributed by atoms with van der Waals surface area (Å²) in [4.78, 5) is 0. The van der Waals surface area contributed by atoms with Crippen molar-refractivity contribution in [1.82, 2.24) is 0 Å². The van der Waals surface area contributed by atoms with E-state index >= 15 is 0 Å². The Morgan fingerprint density at radius 2 is 1.82 bits per heavy atom. The van der Waals surface area contributed by atoms with E-state index in [1.54, 1.807) is 0 Å². The van der Waals surface area contributed by atoms with Gasteiger partial charge in [0.1, 0.15) is 0 Å². The molecule has 2 heteroatoms. The highest BCUT2D eigenvalue weighted by atomic mass is 79.9. The van der Waals surface area contributed by atoms with Gasteiger partial charge in [-0.25, -0.2) is 0 Å². The van der Waals surface area contributed by atoms with Crippen molar-refractivity contribution < 1.29 is 5.11 Å². The fourth-order valence-corrected chi connectivity index (χ4v) is 2.79. The molecule has 0 saturated heterocycles. The molecule has 0 aliphatic rings. The third-order valence-electron chi connectivity index (χ3n) is 3.20. The lowest BCUT2D eigenvalue weighted by Crippen LogP contribution is -2.22. The van der Waals surface area contributed by atoms with Gasteiger partial charge in [-0.2, -0.15) is 0 Å². The lowest BCUT2D eigenvalue weighted by Gasteiger charge is -2.22. The summed E-state index contributed by atoms with van der Waals surface area (Å²) in [5, 5.41) is 10.3. The van der Waals surface area contributed by atoms with Gasteiger partial charge in [-0.1, -0.05) is 54.8 Å². The first-order valence-electron chi connectivity index (χ1n) is 6.59. The Morgan fingerprint density at radius 3 is 2.35 bits per heavy atom. The molecule has 0 radical (unpaired) electrons. The Bertz CT molecular complexity index is 318. The molecule has 0 amide bonds. The number of benzene rings is 1. The number of hydrogen-bond acceptors (Lipinski definition) is 1. The van der Waals surface area contributed by atoms with E-state index in [0.717, 1.165) is 36.6 Å². The monoisotopic (exact) mass is 298 g/mol. The van der Waals surface area contributed by atoms with E-state index in [1.807, 2.05) is 12.1 Å². The largest absolute Gasteiger partial charge is 0.392 e. The summed E-state index contributed by atoms with van der Waals surface area (Å²) >= 11 is 3.47. The summed E-state index contributed by atoms with van der Waals surface area (Å²) in [6, 6.07) is 8.23. The third-order valence-corrected chi connectivity index (χ3v) is 3.69. The normalized spacial score (nSPS) is 13.0. The molecule has 1 atom stereocenters. The maximum Gasteiger partial charge on any atom is 0.0608 e. The van der Waals surface area contributed by atoms with Crippen LogP contribution in [0.5, 0.6) is 0 Å². The lowest BCUT2D eigenvalue weighted by molar-refractivity contribution is 0.0963. The van der Waals surface area contributed by atoms with Gasteiger partial charge in [-0.3, -0.25) is 0 Å². The van der Waals surface area contributed by atoms with Gasteiger partial charge in [0.2, 0.25) is 0 Å². The first-order chi connectivity index (χ1) is 8.17. The van der Waals surface area contributed by atoms with Crippen LogP contribution >= 0.6 is 15.9 Å². The van der Waals surface area contributed by atoms with Crippen LogP contribution in [-0.2, 0) is 6.42 Å². The van der Waals surface area contributed by atoms with Crippen LogP contribution in [0.4, 0.5) is 0 Å². The van der Waals surface area contributed by atoms with Crippen molar-refractivity contribution in [1.29, 1.82) is 0 Å². The molecule has 1 aromatic rings. The van der Waals surface area contributed by atoms with Crippen molar-refractivity contribution in [2.75, 3.05) is 0 Å². The number of aliphatic hydroxyl groups is 1. The van der Waals surface area contributed by atoms with Gasteiger partial charge in [0.15, 0.2) is 0 Å². The molecule has 96 valence electrons. The summed E-state index contributed by atoms with van der Waals surface area (Å²) < 4.78 is 1.09. The van der Waals surface area contributed by atoms with Crippen molar-refractivity contribution in [2.24, 2.45) is 5.92 Å². The van der Waals surface area contributed by atoms with E-state index in [1.165, 1.54) is 5.56 Å². The van der Waals surface area contributed by atoms with E-state index in [0.29, 0.717) is 5.92 Å². The first-order valence-corrected chi connectivity index (χ1v) is 7.39. The van der Waals surface area contributed by atoms with Crippen LogP contribution in [0.1, 0.15) is 45.1 Å². The van der Waals surface area contributed by atoms with Crippen molar-refractivity contribution in [3.63, 3.8) is 0 Å². The Kier molecular flexibility index (Phi) is 6.83. The van der Waals surface area contributed by atoms with Crippen LogP contribution in [0.15, 0.2) is 28.7 Å². The minimum Gasteiger partial charge on any atom is -0.392 e. The molecule has 1 unspecified atom stereocenters. The number of hydrogen-bond donors (Lipinski definition) is 1. The van der Waals surface area contributed by atoms with E-state index in [4.69, 9.17) is 0 Å². The molecule has 0 bridgehead atoms. The van der Waals surface area contributed by atoms with Crippen LogP contribution in [0.3, 0.4) is 0 Å². The van der Waals surface area contributed by atoms with Gasteiger partial charge in [-0.05, 0) is 42.9 Å². The van der Waals surface area contributed by atoms with Crippen molar-refractivity contribution in [3.8, 4) is 0 Å². The van der Waals surface area contributed by atoms with Crippen molar-refractivity contribution in [3.05, 3.63) is 34.3 Å². The topological polar surface area (TPSA) is 20.2 Å². The molecule has 17 heavy (non-hydrogen) atoms. The Morgan fingerprint density at radius 1 is 1.18 bits per heavy atom. The molecule has 0 spiro atoms. The van der Waals surface area contributed by atoms with E-state index in [-0.39, 0.29) is 6.10 Å². The molecule has 1 rings (SSSR count). The lowest BCUT2D eigenvalue weighted by atomic mass is 9.89. The van der Waals surface area contributed by atoms with Crippen LogP contribution in [0, 0.1) is 5.92 Å². The highest BCUT2D eigenvalue weighted by molar-refractivity contribution is 9.10. The predicted octanol–water partition coefficient (Wildman–Crippen LogP) is 4.57. The highest BCUT2D eigenvalue weighted by Crippen LogP contribution is 2.22. The molecule has 0 aliphatic carbocycles. The van der Waals surface area contributed by atoms with Gasteiger partial charge in [0.05, 0.1) is 6.10 Å². The van der Waals surface area contributed by atoms with Crippen LogP contribution in [0.2, 0.25) is 0 Å². The van der Waals surface area contributed by atoms with Crippen LogP contribution < -0.4 is 0 Å². The van der Waals surface area contributed by atoms with Gasteiger partial charge in [0, 0.05) is 4.47 Å². The number of rotatable bonds is 7. The van der Waals surface area contributed by atoms with Gasteiger partial charge < -0.3 is 5.11 Å². The molecule has 0 aromatic heterocycles. The molecule has 0 heterocycles. The SMILES string of the molecule is CCCC(CCC)C(O)Cc1cccc(Br)c1. The zero-order valence-electron chi connectivity index (χ0n) is 10.8. The van der Waals surface area contributed by atoms with Crippen LogP contribution in [0.25, 0.3) is 0 Å². The predicted molar refractivity (Wildman–Crippen MR) is 77.2 cm³/mol. The standard InChI is InChI=1S/C15H23BrO/c1-3-6-13(7-4-2)15(17)11-12-8-5-9-14(16)10-12/h5,8-10,13,15,17H,3-4,6-7,11H2,1-2H3. The summed E-state index contributed by atoms with van der Waals surface area (Å²) in [7, 11) is 0. The van der Waals surface area contributed by atoms with Gasteiger partial charge >= 0.3 is 0 Å². The quantitative estimate of drug-likeness (QED) is 0.782. The maximum absolute atomic E-state index is 10.3. The summed E-state index contributed by atoms with van der Waals surface area (Å²) in [5.74, 6) is 0.448. The first kappa shape index (κ1) is 14.7. The molecular weight excluding hydrogens is 276 g/mol. The molecule has 1 nitrogen and oxygen atoms in total. The smallest absolute Gasteiger partial charge is 0.0608 e. The Labute approximate surface area is 113 Å². The van der Waals surface area contributed by atoms with Crippen LogP contribution in [-0.4, -0.2) is 11.2 Å². The molecule has 1 aromatic carbocycles. The highest BCUT2D eigenvalue weighted by Gasteiger charge is 2.17. The molecule has 0 saturated carbocycles. The third kappa shape index (κ3) is 5.22. The van der Waals surface area contributed by atoms with Crippen molar-refractivity contribution in [2.45, 2.75) is 52.1 Å². The van der Waals surface area contributed by atoms with E-state index in [2.05, 4.69) is 41.9 Å². The summed E-state index contributed by atoms with van der Waals surface area (Å²) in [5.41, 5.74) is 1.21. The summed E-state index contributed by atoms with van der Waals surface area (Å²) in [6.07, 6.45) is 5.13.